The summed E-state index contributed by atoms with van der Waals surface area (Å²) in [6, 6.07) is 5.22. The van der Waals surface area contributed by atoms with Gasteiger partial charge < -0.3 is 15.0 Å². The molecule has 4 nitrogen and oxygen atoms in total. The number of carbonyl (C=O) groups excluding carboxylic acids is 1. The van der Waals surface area contributed by atoms with Crippen molar-refractivity contribution < 1.29 is 9.53 Å². The van der Waals surface area contributed by atoms with Crippen LogP contribution in [-0.4, -0.2) is 43.1 Å². The third kappa shape index (κ3) is 4.27. The highest BCUT2D eigenvalue weighted by Gasteiger charge is 2.20. The average molecular weight is 303 g/mol. The summed E-state index contributed by atoms with van der Waals surface area (Å²) in [5, 5.41) is 4.27. The Labute approximate surface area is 122 Å². The maximum absolute atomic E-state index is 12.0. The predicted octanol–water partition coefficient (Wildman–Crippen LogP) is 2.19. The van der Waals surface area contributed by atoms with E-state index in [9.17, 15) is 4.79 Å². The molecular formula is C13H16Cl2N2O2. The molecule has 0 radical (unpaired) electrons. The van der Waals surface area contributed by atoms with Crippen LogP contribution < -0.4 is 10.1 Å². The van der Waals surface area contributed by atoms with Crippen molar-refractivity contribution in [3.63, 3.8) is 0 Å². The summed E-state index contributed by atoms with van der Waals surface area (Å²) in [6.45, 7) is 4.29. The Morgan fingerprint density at radius 1 is 1.42 bits per heavy atom. The molecule has 1 amide bonds. The quantitative estimate of drug-likeness (QED) is 0.930. The minimum atomic E-state index is -0.0237. The van der Waals surface area contributed by atoms with Crippen molar-refractivity contribution in [1.29, 1.82) is 0 Å². The van der Waals surface area contributed by atoms with E-state index in [4.69, 9.17) is 27.9 Å². The number of halogens is 2. The number of ether oxygens (including phenoxy) is 1. The second-order valence-corrected chi connectivity index (χ2v) is 5.46. The van der Waals surface area contributed by atoms with Gasteiger partial charge in [-0.3, -0.25) is 4.79 Å². The van der Waals surface area contributed by atoms with E-state index < -0.39 is 0 Å². The lowest BCUT2D eigenvalue weighted by atomic mass is 10.2. The highest BCUT2D eigenvalue weighted by atomic mass is 35.5. The molecule has 0 saturated carbocycles. The first-order chi connectivity index (χ1) is 9.04. The van der Waals surface area contributed by atoms with Gasteiger partial charge in [0.2, 0.25) is 0 Å². The zero-order valence-corrected chi connectivity index (χ0v) is 12.2. The van der Waals surface area contributed by atoms with Crippen LogP contribution in [0.3, 0.4) is 0 Å². The van der Waals surface area contributed by atoms with Gasteiger partial charge in [0.05, 0.1) is 0 Å². The number of rotatable bonds is 3. The van der Waals surface area contributed by atoms with E-state index in [1.807, 2.05) is 0 Å². The molecule has 0 spiro atoms. The van der Waals surface area contributed by atoms with Crippen LogP contribution in [0.2, 0.25) is 10.0 Å². The summed E-state index contributed by atoms with van der Waals surface area (Å²) < 4.78 is 5.44. The minimum Gasteiger partial charge on any atom is -0.484 e. The Kier molecular flexibility index (Phi) is 4.91. The molecule has 1 unspecified atom stereocenters. The average Bonchev–Trinajstić information content (AvgIpc) is 2.35. The molecule has 1 heterocycles. The monoisotopic (exact) mass is 302 g/mol. The van der Waals surface area contributed by atoms with Crippen molar-refractivity contribution >= 4 is 29.1 Å². The van der Waals surface area contributed by atoms with E-state index in [0.717, 1.165) is 6.54 Å². The van der Waals surface area contributed by atoms with E-state index in [2.05, 4.69) is 12.2 Å². The summed E-state index contributed by atoms with van der Waals surface area (Å²) in [6.07, 6.45) is 0. The normalized spacial score (nSPS) is 19.3. The van der Waals surface area contributed by atoms with Gasteiger partial charge in [0.1, 0.15) is 5.75 Å². The number of benzene rings is 1. The molecule has 1 atom stereocenters. The number of nitrogens with one attached hydrogen (secondary N) is 1. The van der Waals surface area contributed by atoms with Crippen molar-refractivity contribution in [3.8, 4) is 5.75 Å². The van der Waals surface area contributed by atoms with Crippen LogP contribution in [0.4, 0.5) is 0 Å². The Morgan fingerprint density at radius 2 is 2.11 bits per heavy atom. The van der Waals surface area contributed by atoms with Gasteiger partial charge >= 0.3 is 0 Å². The van der Waals surface area contributed by atoms with Crippen LogP contribution in [0.25, 0.3) is 0 Å². The number of nitrogens with zero attached hydrogens (tertiary/aromatic N) is 1. The van der Waals surface area contributed by atoms with E-state index in [1.54, 1.807) is 23.1 Å². The van der Waals surface area contributed by atoms with Crippen molar-refractivity contribution in [2.24, 2.45) is 0 Å². The molecule has 1 fully saturated rings. The molecule has 1 aliphatic rings. The Balaban J connectivity index is 1.89. The topological polar surface area (TPSA) is 41.6 Å². The number of carbonyl (C=O) groups is 1. The first-order valence-corrected chi connectivity index (χ1v) is 6.90. The summed E-state index contributed by atoms with van der Waals surface area (Å²) in [7, 11) is 0. The molecule has 19 heavy (non-hydrogen) atoms. The van der Waals surface area contributed by atoms with Crippen LogP contribution in [0, 0.1) is 0 Å². The largest absolute Gasteiger partial charge is 0.484 e. The molecule has 1 aromatic rings. The van der Waals surface area contributed by atoms with Crippen molar-refractivity contribution in [2.75, 3.05) is 26.2 Å². The summed E-state index contributed by atoms with van der Waals surface area (Å²) in [5.41, 5.74) is 0. The molecule has 1 aliphatic heterocycles. The van der Waals surface area contributed by atoms with Crippen molar-refractivity contribution in [2.45, 2.75) is 13.0 Å². The lowest BCUT2D eigenvalue weighted by Crippen LogP contribution is -2.52. The zero-order chi connectivity index (χ0) is 13.8. The highest BCUT2D eigenvalue weighted by Crippen LogP contribution is 2.24. The van der Waals surface area contributed by atoms with Crippen LogP contribution in [0.15, 0.2) is 18.2 Å². The number of piperazine rings is 1. The maximum Gasteiger partial charge on any atom is 0.260 e. The molecule has 6 heteroatoms. The van der Waals surface area contributed by atoms with Crippen LogP contribution in [-0.2, 0) is 4.79 Å². The molecule has 0 bridgehead atoms. The van der Waals surface area contributed by atoms with Gasteiger partial charge in [0, 0.05) is 35.7 Å². The lowest BCUT2D eigenvalue weighted by Gasteiger charge is -2.31. The van der Waals surface area contributed by atoms with E-state index in [-0.39, 0.29) is 12.5 Å². The fraction of sp³-hybridized carbons (Fsp3) is 0.462. The SMILES string of the molecule is CC1CN(C(=O)COc2cc(Cl)cc(Cl)c2)CCN1. The fourth-order valence-electron chi connectivity index (χ4n) is 2.01. The van der Waals surface area contributed by atoms with Gasteiger partial charge in [-0.05, 0) is 25.1 Å². The van der Waals surface area contributed by atoms with Crippen LogP contribution in [0.5, 0.6) is 5.75 Å². The molecule has 104 valence electrons. The maximum atomic E-state index is 12.0. The number of amides is 1. The van der Waals surface area contributed by atoms with Crippen LogP contribution in [0.1, 0.15) is 6.92 Å². The van der Waals surface area contributed by atoms with Crippen LogP contribution >= 0.6 is 23.2 Å². The molecule has 1 N–H and O–H groups in total. The first-order valence-electron chi connectivity index (χ1n) is 6.14. The Morgan fingerprint density at radius 3 is 2.74 bits per heavy atom. The molecule has 0 aromatic heterocycles. The van der Waals surface area contributed by atoms with Gasteiger partial charge in [-0.15, -0.1) is 0 Å². The van der Waals surface area contributed by atoms with Gasteiger partial charge in [0.15, 0.2) is 6.61 Å². The second-order valence-electron chi connectivity index (χ2n) is 4.59. The summed E-state index contributed by atoms with van der Waals surface area (Å²) in [5.74, 6) is 0.485. The molecule has 1 saturated heterocycles. The molecule has 1 aromatic carbocycles. The predicted molar refractivity (Wildman–Crippen MR) is 76.0 cm³/mol. The van der Waals surface area contributed by atoms with Crippen molar-refractivity contribution in [1.82, 2.24) is 10.2 Å². The lowest BCUT2D eigenvalue weighted by molar-refractivity contribution is -0.134. The number of hydrogen-bond acceptors (Lipinski definition) is 3. The summed E-state index contributed by atoms with van der Waals surface area (Å²) >= 11 is 11.7. The standard InChI is InChI=1S/C13H16Cl2N2O2/c1-9-7-17(3-2-16-9)13(18)8-19-12-5-10(14)4-11(15)6-12/h4-6,9,16H,2-3,7-8H2,1H3. The highest BCUT2D eigenvalue weighted by molar-refractivity contribution is 6.34. The Bertz CT molecular complexity index is 448. The van der Waals surface area contributed by atoms with E-state index in [0.29, 0.717) is 34.9 Å². The fourth-order valence-corrected chi connectivity index (χ4v) is 2.51. The van der Waals surface area contributed by atoms with E-state index in [1.165, 1.54) is 0 Å². The van der Waals surface area contributed by atoms with Gasteiger partial charge in [-0.1, -0.05) is 23.2 Å². The zero-order valence-electron chi connectivity index (χ0n) is 10.7. The minimum absolute atomic E-state index is 0.00336. The van der Waals surface area contributed by atoms with Gasteiger partial charge in [-0.25, -0.2) is 0 Å². The van der Waals surface area contributed by atoms with E-state index >= 15 is 0 Å². The first kappa shape index (κ1) is 14.4. The second kappa shape index (κ2) is 6.46. The molecule has 2 rings (SSSR count). The van der Waals surface area contributed by atoms with Gasteiger partial charge in [0.25, 0.3) is 5.91 Å². The third-order valence-electron chi connectivity index (χ3n) is 2.92. The molecular weight excluding hydrogens is 287 g/mol. The third-order valence-corrected chi connectivity index (χ3v) is 3.36. The molecule has 0 aliphatic carbocycles. The van der Waals surface area contributed by atoms with Crippen molar-refractivity contribution in [3.05, 3.63) is 28.2 Å². The Hall–Kier alpha value is -0.970. The smallest absolute Gasteiger partial charge is 0.260 e. The van der Waals surface area contributed by atoms with Gasteiger partial charge in [-0.2, -0.15) is 0 Å². The number of hydrogen-bond donors (Lipinski definition) is 1. The summed E-state index contributed by atoms with van der Waals surface area (Å²) in [4.78, 5) is 13.8.